The number of rotatable bonds is 5. The number of nitrogens with zero attached hydrogens (tertiary/aromatic N) is 4. The predicted molar refractivity (Wildman–Crippen MR) is 96.4 cm³/mol. The van der Waals surface area contributed by atoms with Crippen molar-refractivity contribution in [3.05, 3.63) is 59.0 Å². The Morgan fingerprint density at radius 2 is 1.73 bits per heavy atom. The van der Waals surface area contributed by atoms with Gasteiger partial charge < -0.3 is 10.6 Å². The molecular weight excluding hydrogens is 338 g/mol. The molecule has 26 heavy (non-hydrogen) atoms. The standard InChI is InChI=1S/C18H20F2N6/c1-10-7-18(25-26(10)4)24-17-9-16(22-12(3)23-17)21-11(2)14-6-5-13(19)8-15(14)20/h5-9,11H,1-4H3,(H2,21,22,23,24,25). The highest BCUT2D eigenvalue weighted by atomic mass is 19.1. The summed E-state index contributed by atoms with van der Waals surface area (Å²) >= 11 is 0. The zero-order chi connectivity index (χ0) is 18.8. The lowest BCUT2D eigenvalue weighted by Crippen LogP contribution is -2.11. The van der Waals surface area contributed by atoms with E-state index in [-0.39, 0.29) is 0 Å². The summed E-state index contributed by atoms with van der Waals surface area (Å²) in [6, 6.07) is 6.75. The van der Waals surface area contributed by atoms with Crippen LogP contribution in [-0.4, -0.2) is 19.7 Å². The van der Waals surface area contributed by atoms with E-state index in [1.807, 2.05) is 20.0 Å². The first kappa shape index (κ1) is 17.8. The zero-order valence-corrected chi connectivity index (χ0v) is 15.0. The molecule has 2 aromatic heterocycles. The fourth-order valence-corrected chi connectivity index (χ4v) is 2.61. The van der Waals surface area contributed by atoms with Crippen molar-refractivity contribution in [1.29, 1.82) is 0 Å². The van der Waals surface area contributed by atoms with Gasteiger partial charge in [-0.25, -0.2) is 18.7 Å². The molecule has 2 heterocycles. The van der Waals surface area contributed by atoms with Crippen LogP contribution in [0.4, 0.5) is 26.2 Å². The highest BCUT2D eigenvalue weighted by Gasteiger charge is 2.13. The topological polar surface area (TPSA) is 67.7 Å². The van der Waals surface area contributed by atoms with Gasteiger partial charge in [0, 0.05) is 36.5 Å². The number of halogens is 2. The van der Waals surface area contributed by atoms with Crippen LogP contribution in [0.2, 0.25) is 0 Å². The van der Waals surface area contributed by atoms with E-state index < -0.39 is 17.7 Å². The van der Waals surface area contributed by atoms with Crippen LogP contribution in [0.5, 0.6) is 0 Å². The number of hydrogen-bond donors (Lipinski definition) is 2. The minimum Gasteiger partial charge on any atom is -0.363 e. The summed E-state index contributed by atoms with van der Waals surface area (Å²) in [5, 5.41) is 10.6. The van der Waals surface area contributed by atoms with E-state index in [1.54, 1.807) is 24.6 Å². The number of aromatic nitrogens is 4. The molecule has 1 aromatic carbocycles. The first-order valence-electron chi connectivity index (χ1n) is 8.16. The predicted octanol–water partition coefficient (Wildman–Crippen LogP) is 4.02. The molecule has 1 atom stereocenters. The number of benzene rings is 1. The molecule has 0 saturated carbocycles. The van der Waals surface area contributed by atoms with Gasteiger partial charge in [-0.3, -0.25) is 4.68 Å². The summed E-state index contributed by atoms with van der Waals surface area (Å²) in [5.74, 6) is 1.13. The third kappa shape index (κ3) is 3.96. The van der Waals surface area contributed by atoms with Crippen molar-refractivity contribution in [2.75, 3.05) is 10.6 Å². The van der Waals surface area contributed by atoms with Crippen LogP contribution < -0.4 is 10.6 Å². The maximum absolute atomic E-state index is 14.0. The van der Waals surface area contributed by atoms with Crippen LogP contribution >= 0.6 is 0 Å². The second-order valence-electron chi connectivity index (χ2n) is 6.14. The molecule has 0 saturated heterocycles. The SMILES string of the molecule is Cc1nc(Nc2cc(C)n(C)n2)cc(NC(C)c2ccc(F)cc2F)n1. The van der Waals surface area contributed by atoms with Gasteiger partial charge in [-0.1, -0.05) is 6.07 Å². The highest BCUT2D eigenvalue weighted by molar-refractivity contribution is 5.56. The van der Waals surface area contributed by atoms with Crippen LogP contribution in [0.15, 0.2) is 30.3 Å². The van der Waals surface area contributed by atoms with Gasteiger partial charge in [0.15, 0.2) is 5.82 Å². The molecule has 0 bridgehead atoms. The number of nitrogens with one attached hydrogen (secondary N) is 2. The summed E-state index contributed by atoms with van der Waals surface area (Å²) in [6.07, 6.45) is 0. The van der Waals surface area contributed by atoms with Crippen molar-refractivity contribution in [2.45, 2.75) is 26.8 Å². The third-order valence-electron chi connectivity index (χ3n) is 4.00. The first-order chi connectivity index (χ1) is 12.3. The average molecular weight is 358 g/mol. The number of anilines is 3. The lowest BCUT2D eigenvalue weighted by molar-refractivity contribution is 0.566. The van der Waals surface area contributed by atoms with Gasteiger partial charge in [-0.15, -0.1) is 0 Å². The minimum absolute atomic E-state index is 0.359. The second-order valence-corrected chi connectivity index (χ2v) is 6.14. The maximum atomic E-state index is 14.0. The summed E-state index contributed by atoms with van der Waals surface area (Å²) < 4.78 is 28.8. The molecule has 0 fully saturated rings. The van der Waals surface area contributed by atoms with Crippen molar-refractivity contribution in [2.24, 2.45) is 7.05 Å². The van der Waals surface area contributed by atoms with Gasteiger partial charge in [-0.05, 0) is 26.8 Å². The van der Waals surface area contributed by atoms with Gasteiger partial charge in [0.05, 0.1) is 6.04 Å². The monoisotopic (exact) mass is 358 g/mol. The van der Waals surface area contributed by atoms with E-state index in [9.17, 15) is 8.78 Å². The van der Waals surface area contributed by atoms with E-state index in [1.165, 1.54) is 12.1 Å². The molecule has 3 aromatic rings. The Kier molecular flexibility index (Phi) is 4.83. The molecule has 0 aliphatic carbocycles. The molecule has 6 nitrogen and oxygen atoms in total. The van der Waals surface area contributed by atoms with Crippen LogP contribution in [0.3, 0.4) is 0 Å². The second kappa shape index (κ2) is 7.07. The van der Waals surface area contributed by atoms with Crippen LogP contribution in [-0.2, 0) is 7.05 Å². The average Bonchev–Trinajstić information content (AvgIpc) is 2.84. The summed E-state index contributed by atoms with van der Waals surface area (Å²) in [6.45, 7) is 5.50. The Hall–Kier alpha value is -3.03. The molecule has 0 amide bonds. The van der Waals surface area contributed by atoms with Crippen LogP contribution in [0.25, 0.3) is 0 Å². The van der Waals surface area contributed by atoms with E-state index in [0.717, 1.165) is 11.8 Å². The Bertz CT molecular complexity index is 918. The molecule has 0 spiro atoms. The van der Waals surface area contributed by atoms with Gasteiger partial charge in [0.25, 0.3) is 0 Å². The fourth-order valence-electron chi connectivity index (χ4n) is 2.61. The van der Waals surface area contributed by atoms with Crippen molar-refractivity contribution in [1.82, 2.24) is 19.7 Å². The lowest BCUT2D eigenvalue weighted by atomic mass is 10.1. The largest absolute Gasteiger partial charge is 0.363 e. The summed E-state index contributed by atoms with van der Waals surface area (Å²) in [5.41, 5.74) is 1.37. The van der Waals surface area contributed by atoms with Crippen molar-refractivity contribution in [3.63, 3.8) is 0 Å². The molecule has 3 rings (SSSR count). The van der Waals surface area contributed by atoms with E-state index in [0.29, 0.717) is 28.8 Å². The summed E-state index contributed by atoms with van der Waals surface area (Å²) in [7, 11) is 1.86. The number of aryl methyl sites for hydroxylation is 3. The molecule has 2 N–H and O–H groups in total. The van der Waals surface area contributed by atoms with Crippen molar-refractivity contribution >= 4 is 17.5 Å². The highest BCUT2D eigenvalue weighted by Crippen LogP contribution is 2.23. The number of hydrogen-bond acceptors (Lipinski definition) is 5. The minimum atomic E-state index is -0.603. The third-order valence-corrected chi connectivity index (χ3v) is 4.00. The summed E-state index contributed by atoms with van der Waals surface area (Å²) in [4.78, 5) is 8.67. The molecule has 1 unspecified atom stereocenters. The van der Waals surface area contributed by atoms with E-state index in [4.69, 9.17) is 0 Å². The van der Waals surface area contributed by atoms with Crippen molar-refractivity contribution in [3.8, 4) is 0 Å². The molecule has 136 valence electrons. The fraction of sp³-hybridized carbons (Fsp3) is 0.278. The van der Waals surface area contributed by atoms with Crippen molar-refractivity contribution < 1.29 is 8.78 Å². The Labute approximate surface area is 150 Å². The molecule has 0 aliphatic heterocycles. The Balaban J connectivity index is 1.80. The van der Waals surface area contributed by atoms with Crippen LogP contribution in [0, 0.1) is 25.5 Å². The van der Waals surface area contributed by atoms with Gasteiger partial charge in [0.1, 0.15) is 29.1 Å². The first-order valence-corrected chi connectivity index (χ1v) is 8.16. The molecule has 0 aliphatic rings. The molecule has 0 radical (unpaired) electrons. The molecular formula is C18H20F2N6. The Morgan fingerprint density at radius 1 is 1.00 bits per heavy atom. The van der Waals surface area contributed by atoms with E-state index in [2.05, 4.69) is 25.7 Å². The maximum Gasteiger partial charge on any atom is 0.153 e. The quantitative estimate of drug-likeness (QED) is 0.721. The van der Waals surface area contributed by atoms with Crippen LogP contribution in [0.1, 0.15) is 30.0 Å². The zero-order valence-electron chi connectivity index (χ0n) is 15.0. The lowest BCUT2D eigenvalue weighted by Gasteiger charge is -2.16. The van der Waals surface area contributed by atoms with Gasteiger partial charge in [0.2, 0.25) is 0 Å². The Morgan fingerprint density at radius 3 is 2.38 bits per heavy atom. The smallest absolute Gasteiger partial charge is 0.153 e. The molecule has 8 heteroatoms. The van der Waals surface area contributed by atoms with Gasteiger partial charge >= 0.3 is 0 Å². The van der Waals surface area contributed by atoms with E-state index >= 15 is 0 Å². The van der Waals surface area contributed by atoms with Gasteiger partial charge in [-0.2, -0.15) is 5.10 Å². The normalized spacial score (nSPS) is 12.1.